The Hall–Kier alpha value is -2.69. The molecular weight excluding hydrogens is 268 g/mol. The van der Waals surface area contributed by atoms with E-state index in [2.05, 4.69) is 5.32 Å². The van der Waals surface area contributed by atoms with Crippen LogP contribution >= 0.6 is 0 Å². The number of rotatable bonds is 5. The van der Waals surface area contributed by atoms with Crippen molar-refractivity contribution in [3.05, 3.63) is 53.6 Å². The van der Waals surface area contributed by atoms with Gasteiger partial charge in [0, 0.05) is 6.04 Å². The third kappa shape index (κ3) is 3.25. The molecule has 0 aliphatic carbocycles. The SMILES string of the molecule is COc1ccc(C(C)Nc2cccc(C(=O)O)c2N)cc1. The Kier molecular flexibility index (Phi) is 4.33. The fourth-order valence-electron chi connectivity index (χ4n) is 2.09. The van der Waals surface area contributed by atoms with Crippen LogP contribution in [0.5, 0.6) is 5.75 Å². The van der Waals surface area contributed by atoms with Crippen molar-refractivity contribution in [3.8, 4) is 5.75 Å². The van der Waals surface area contributed by atoms with Gasteiger partial charge in [-0.2, -0.15) is 0 Å². The van der Waals surface area contributed by atoms with Gasteiger partial charge in [0.2, 0.25) is 0 Å². The zero-order valence-electron chi connectivity index (χ0n) is 12.0. The summed E-state index contributed by atoms with van der Waals surface area (Å²) in [7, 11) is 1.62. The molecule has 0 bridgehead atoms. The van der Waals surface area contributed by atoms with Crippen LogP contribution in [0.25, 0.3) is 0 Å². The van der Waals surface area contributed by atoms with Gasteiger partial charge >= 0.3 is 5.97 Å². The number of methoxy groups -OCH3 is 1. The number of nitrogen functional groups attached to an aromatic ring is 1. The lowest BCUT2D eigenvalue weighted by molar-refractivity contribution is 0.0698. The van der Waals surface area contributed by atoms with E-state index < -0.39 is 5.97 Å². The van der Waals surface area contributed by atoms with Crippen LogP contribution in [-0.2, 0) is 0 Å². The number of benzene rings is 2. The zero-order chi connectivity index (χ0) is 15.4. The molecule has 2 rings (SSSR count). The summed E-state index contributed by atoms with van der Waals surface area (Å²) >= 11 is 0. The van der Waals surface area contributed by atoms with Gasteiger partial charge in [0.15, 0.2) is 0 Å². The molecule has 1 atom stereocenters. The lowest BCUT2D eigenvalue weighted by Crippen LogP contribution is -2.11. The summed E-state index contributed by atoms with van der Waals surface area (Å²) in [5.41, 5.74) is 7.89. The highest BCUT2D eigenvalue weighted by Crippen LogP contribution is 2.27. The molecule has 0 aromatic heterocycles. The van der Waals surface area contributed by atoms with Crippen molar-refractivity contribution in [1.82, 2.24) is 0 Å². The third-order valence-corrected chi connectivity index (χ3v) is 3.32. The number of para-hydroxylation sites is 1. The molecule has 110 valence electrons. The molecule has 2 aromatic carbocycles. The van der Waals surface area contributed by atoms with Gasteiger partial charge < -0.3 is 20.9 Å². The van der Waals surface area contributed by atoms with Crippen molar-refractivity contribution in [2.24, 2.45) is 0 Å². The first-order valence-corrected chi connectivity index (χ1v) is 6.55. The van der Waals surface area contributed by atoms with Crippen molar-refractivity contribution >= 4 is 17.3 Å². The minimum atomic E-state index is -1.03. The predicted molar refractivity (Wildman–Crippen MR) is 82.8 cm³/mol. The van der Waals surface area contributed by atoms with Crippen LogP contribution in [0.4, 0.5) is 11.4 Å². The van der Waals surface area contributed by atoms with Gasteiger partial charge in [-0.3, -0.25) is 0 Å². The van der Waals surface area contributed by atoms with E-state index in [9.17, 15) is 4.79 Å². The fraction of sp³-hybridized carbons (Fsp3) is 0.188. The van der Waals surface area contributed by atoms with Crippen LogP contribution in [0.1, 0.15) is 28.9 Å². The molecule has 4 N–H and O–H groups in total. The molecule has 0 saturated heterocycles. The highest BCUT2D eigenvalue weighted by molar-refractivity contribution is 5.97. The molecule has 0 radical (unpaired) electrons. The number of aromatic carboxylic acids is 1. The highest BCUT2D eigenvalue weighted by atomic mass is 16.5. The molecule has 0 heterocycles. The summed E-state index contributed by atoms with van der Waals surface area (Å²) in [6.07, 6.45) is 0. The zero-order valence-corrected chi connectivity index (χ0v) is 12.0. The minimum Gasteiger partial charge on any atom is -0.497 e. The normalized spacial score (nSPS) is 11.7. The van der Waals surface area contributed by atoms with Gasteiger partial charge in [-0.25, -0.2) is 4.79 Å². The van der Waals surface area contributed by atoms with E-state index in [1.165, 1.54) is 6.07 Å². The van der Waals surface area contributed by atoms with Crippen LogP contribution < -0.4 is 15.8 Å². The smallest absolute Gasteiger partial charge is 0.337 e. The maximum absolute atomic E-state index is 11.1. The van der Waals surface area contributed by atoms with E-state index in [4.69, 9.17) is 15.6 Å². The number of carbonyl (C=O) groups is 1. The molecule has 0 aliphatic rings. The predicted octanol–water partition coefficient (Wildman–Crippen LogP) is 3.15. The Balaban J connectivity index is 2.20. The van der Waals surface area contributed by atoms with Crippen molar-refractivity contribution in [2.75, 3.05) is 18.2 Å². The molecule has 5 heteroatoms. The number of ether oxygens (including phenoxy) is 1. The Morgan fingerprint density at radius 1 is 1.24 bits per heavy atom. The van der Waals surface area contributed by atoms with Gasteiger partial charge in [-0.1, -0.05) is 18.2 Å². The molecular formula is C16H18N2O3. The van der Waals surface area contributed by atoms with Crippen LogP contribution in [0.15, 0.2) is 42.5 Å². The molecule has 0 fully saturated rings. The number of hydrogen-bond acceptors (Lipinski definition) is 4. The average Bonchev–Trinajstić information content (AvgIpc) is 2.49. The van der Waals surface area contributed by atoms with E-state index >= 15 is 0 Å². The molecule has 0 aliphatic heterocycles. The highest BCUT2D eigenvalue weighted by Gasteiger charge is 2.13. The lowest BCUT2D eigenvalue weighted by atomic mass is 10.1. The van der Waals surface area contributed by atoms with Crippen molar-refractivity contribution in [1.29, 1.82) is 0 Å². The second-order valence-corrected chi connectivity index (χ2v) is 4.71. The summed E-state index contributed by atoms with van der Waals surface area (Å²) in [4.78, 5) is 11.1. The van der Waals surface area contributed by atoms with Gasteiger partial charge in [0.1, 0.15) is 5.75 Å². The first-order valence-electron chi connectivity index (χ1n) is 6.55. The van der Waals surface area contributed by atoms with Crippen molar-refractivity contribution in [2.45, 2.75) is 13.0 Å². The van der Waals surface area contributed by atoms with E-state index in [0.717, 1.165) is 11.3 Å². The minimum absolute atomic E-state index is 0.0118. The van der Waals surface area contributed by atoms with E-state index in [1.54, 1.807) is 19.2 Å². The van der Waals surface area contributed by atoms with Crippen molar-refractivity contribution < 1.29 is 14.6 Å². The van der Waals surface area contributed by atoms with Crippen molar-refractivity contribution in [3.63, 3.8) is 0 Å². The Labute approximate surface area is 123 Å². The van der Waals surface area contributed by atoms with Crippen LogP contribution in [0.2, 0.25) is 0 Å². The first-order chi connectivity index (χ1) is 10.0. The molecule has 0 saturated carbocycles. The summed E-state index contributed by atoms with van der Waals surface area (Å²) in [5.74, 6) is -0.244. The van der Waals surface area contributed by atoms with E-state index in [0.29, 0.717) is 5.69 Å². The Morgan fingerprint density at radius 2 is 1.90 bits per heavy atom. The van der Waals surface area contributed by atoms with Crippen LogP contribution in [0, 0.1) is 0 Å². The maximum Gasteiger partial charge on any atom is 0.337 e. The lowest BCUT2D eigenvalue weighted by Gasteiger charge is -2.18. The quantitative estimate of drug-likeness (QED) is 0.735. The molecule has 5 nitrogen and oxygen atoms in total. The van der Waals surface area contributed by atoms with E-state index in [1.807, 2.05) is 31.2 Å². The second kappa shape index (κ2) is 6.17. The van der Waals surface area contributed by atoms with Gasteiger partial charge in [-0.05, 0) is 36.8 Å². The van der Waals surface area contributed by atoms with Gasteiger partial charge in [0.25, 0.3) is 0 Å². The number of carboxylic acids is 1. The van der Waals surface area contributed by atoms with Crippen LogP contribution in [0.3, 0.4) is 0 Å². The Bertz CT molecular complexity index is 638. The first kappa shape index (κ1) is 14.7. The topological polar surface area (TPSA) is 84.6 Å². The monoisotopic (exact) mass is 286 g/mol. The standard InChI is InChI=1S/C16H18N2O3/c1-10(11-6-8-12(21-2)9-7-11)18-14-5-3-4-13(15(14)17)16(19)20/h3-10,18H,17H2,1-2H3,(H,19,20). The maximum atomic E-state index is 11.1. The van der Waals surface area contributed by atoms with Gasteiger partial charge in [-0.15, -0.1) is 0 Å². The third-order valence-electron chi connectivity index (χ3n) is 3.32. The molecule has 0 spiro atoms. The summed E-state index contributed by atoms with van der Waals surface area (Å²) in [6, 6.07) is 12.6. The average molecular weight is 286 g/mol. The number of carboxylic acid groups (broad SMARTS) is 1. The molecule has 21 heavy (non-hydrogen) atoms. The summed E-state index contributed by atoms with van der Waals surface area (Å²) in [6.45, 7) is 1.98. The van der Waals surface area contributed by atoms with E-state index in [-0.39, 0.29) is 17.3 Å². The molecule has 1 unspecified atom stereocenters. The number of hydrogen-bond donors (Lipinski definition) is 3. The second-order valence-electron chi connectivity index (χ2n) is 4.71. The number of nitrogens with one attached hydrogen (secondary N) is 1. The molecule has 2 aromatic rings. The fourth-order valence-corrected chi connectivity index (χ4v) is 2.09. The summed E-state index contributed by atoms with van der Waals surface area (Å²) < 4.78 is 5.12. The Morgan fingerprint density at radius 3 is 2.48 bits per heavy atom. The number of anilines is 2. The van der Waals surface area contributed by atoms with Crippen LogP contribution in [-0.4, -0.2) is 18.2 Å². The largest absolute Gasteiger partial charge is 0.497 e. The molecule has 0 amide bonds. The number of nitrogens with two attached hydrogens (primary N) is 1. The summed E-state index contributed by atoms with van der Waals surface area (Å²) in [5, 5.41) is 12.3. The van der Waals surface area contributed by atoms with Gasteiger partial charge in [0.05, 0.1) is 24.0 Å².